The summed E-state index contributed by atoms with van der Waals surface area (Å²) >= 11 is 1.56. The standard InChI is InChI=1S/C14H13FN6S.ClH/c1-8-7-21-11(6-18-20-13(16)17)12(19-14(21)22-8)9-2-4-10(15)5-3-9;/h2-7H,1H3,(H4,16,17,20);1H/b18-6-;. The maximum Gasteiger partial charge on any atom is 0.211 e. The molecule has 0 aliphatic carbocycles. The maximum absolute atomic E-state index is 13.1. The van der Waals surface area contributed by atoms with E-state index in [2.05, 4.69) is 15.2 Å². The highest BCUT2D eigenvalue weighted by Crippen LogP contribution is 2.27. The van der Waals surface area contributed by atoms with Crippen molar-refractivity contribution in [3.8, 4) is 11.3 Å². The van der Waals surface area contributed by atoms with Crippen molar-refractivity contribution in [2.75, 3.05) is 0 Å². The molecule has 0 atom stereocenters. The Bertz CT molecular complexity index is 877. The van der Waals surface area contributed by atoms with E-state index in [0.717, 1.165) is 21.1 Å². The van der Waals surface area contributed by atoms with E-state index in [0.29, 0.717) is 5.69 Å². The van der Waals surface area contributed by atoms with Crippen molar-refractivity contribution in [3.63, 3.8) is 0 Å². The summed E-state index contributed by atoms with van der Waals surface area (Å²) in [5, 5.41) is 7.47. The molecule has 1 aromatic carbocycles. The summed E-state index contributed by atoms with van der Waals surface area (Å²) in [6, 6.07) is 6.13. The quantitative estimate of drug-likeness (QED) is 0.431. The van der Waals surface area contributed by atoms with Crippen molar-refractivity contribution in [1.29, 1.82) is 0 Å². The molecule has 0 bridgehead atoms. The molecule has 6 nitrogen and oxygen atoms in total. The fraction of sp³-hybridized carbons (Fsp3) is 0.0714. The minimum atomic E-state index is -0.295. The summed E-state index contributed by atoms with van der Waals surface area (Å²) in [5.74, 6) is -0.418. The van der Waals surface area contributed by atoms with Crippen LogP contribution in [0.4, 0.5) is 4.39 Å². The van der Waals surface area contributed by atoms with Gasteiger partial charge in [0.25, 0.3) is 0 Å². The number of aromatic nitrogens is 2. The average molecular weight is 353 g/mol. The molecule has 3 aromatic rings. The van der Waals surface area contributed by atoms with Crippen LogP contribution >= 0.6 is 23.7 Å². The van der Waals surface area contributed by atoms with E-state index >= 15 is 0 Å². The highest BCUT2D eigenvalue weighted by molar-refractivity contribution is 7.17. The Morgan fingerprint density at radius 3 is 2.65 bits per heavy atom. The third-order valence-corrected chi connectivity index (χ3v) is 3.85. The predicted octanol–water partition coefficient (Wildman–Crippen LogP) is 2.54. The lowest BCUT2D eigenvalue weighted by Crippen LogP contribution is -2.21. The van der Waals surface area contributed by atoms with Gasteiger partial charge in [-0.2, -0.15) is 5.10 Å². The van der Waals surface area contributed by atoms with Crippen molar-refractivity contribution < 1.29 is 4.39 Å². The van der Waals surface area contributed by atoms with Gasteiger partial charge in [-0.3, -0.25) is 4.40 Å². The van der Waals surface area contributed by atoms with E-state index in [1.165, 1.54) is 18.3 Å². The number of imidazole rings is 1. The Morgan fingerprint density at radius 1 is 1.30 bits per heavy atom. The van der Waals surface area contributed by atoms with E-state index in [1.54, 1.807) is 23.5 Å². The number of guanidine groups is 1. The SMILES string of the molecule is Cc1cn2c(/C=N\N=C(N)N)c(-c3ccc(F)cc3)nc2s1.Cl. The summed E-state index contributed by atoms with van der Waals surface area (Å²) in [5.41, 5.74) is 12.8. The second-order valence-electron chi connectivity index (χ2n) is 4.62. The van der Waals surface area contributed by atoms with E-state index in [-0.39, 0.29) is 24.2 Å². The Balaban J connectivity index is 0.00000192. The molecule has 0 unspecified atom stereocenters. The number of benzene rings is 1. The minimum absolute atomic E-state index is 0. The van der Waals surface area contributed by atoms with Crippen molar-refractivity contribution in [1.82, 2.24) is 9.38 Å². The van der Waals surface area contributed by atoms with Crippen LogP contribution in [0.5, 0.6) is 0 Å². The van der Waals surface area contributed by atoms with Crippen molar-refractivity contribution in [3.05, 3.63) is 46.9 Å². The van der Waals surface area contributed by atoms with Gasteiger partial charge in [0.05, 0.1) is 17.6 Å². The molecule has 0 saturated heterocycles. The molecule has 0 saturated carbocycles. The summed E-state index contributed by atoms with van der Waals surface area (Å²) in [6.07, 6.45) is 3.49. The second kappa shape index (κ2) is 6.76. The average Bonchev–Trinajstić information content (AvgIpc) is 2.97. The summed E-state index contributed by atoms with van der Waals surface area (Å²) < 4.78 is 15.0. The zero-order valence-electron chi connectivity index (χ0n) is 12.1. The smallest absolute Gasteiger partial charge is 0.211 e. The lowest BCUT2D eigenvalue weighted by Gasteiger charge is -1.99. The van der Waals surface area contributed by atoms with Crippen LogP contribution in [0.25, 0.3) is 16.2 Å². The molecule has 0 aliphatic heterocycles. The third-order valence-electron chi connectivity index (χ3n) is 2.95. The van der Waals surface area contributed by atoms with Gasteiger partial charge in [0.1, 0.15) is 5.82 Å². The van der Waals surface area contributed by atoms with Crippen LogP contribution in [-0.4, -0.2) is 21.6 Å². The largest absolute Gasteiger partial charge is 0.369 e. The molecule has 23 heavy (non-hydrogen) atoms. The van der Waals surface area contributed by atoms with Crippen LogP contribution in [-0.2, 0) is 0 Å². The van der Waals surface area contributed by atoms with Gasteiger partial charge in [-0.05, 0) is 31.2 Å². The topological polar surface area (TPSA) is 94.1 Å². The first kappa shape index (κ1) is 16.9. The number of rotatable bonds is 3. The number of hydrogen-bond acceptors (Lipinski definition) is 4. The first-order valence-electron chi connectivity index (χ1n) is 6.41. The van der Waals surface area contributed by atoms with Crippen LogP contribution in [0, 0.1) is 12.7 Å². The van der Waals surface area contributed by atoms with Gasteiger partial charge in [0.15, 0.2) is 4.96 Å². The molecule has 0 fully saturated rings. The molecule has 120 valence electrons. The molecular weight excluding hydrogens is 339 g/mol. The van der Waals surface area contributed by atoms with Gasteiger partial charge in [-0.1, -0.05) is 0 Å². The second-order valence-corrected chi connectivity index (χ2v) is 5.83. The van der Waals surface area contributed by atoms with Crippen LogP contribution < -0.4 is 11.5 Å². The van der Waals surface area contributed by atoms with Gasteiger partial charge < -0.3 is 11.5 Å². The van der Waals surface area contributed by atoms with Crippen LogP contribution in [0.1, 0.15) is 10.6 Å². The third kappa shape index (κ3) is 3.49. The highest BCUT2D eigenvalue weighted by Gasteiger charge is 2.14. The summed E-state index contributed by atoms with van der Waals surface area (Å²) in [4.78, 5) is 6.53. The molecule has 0 radical (unpaired) electrons. The Morgan fingerprint density at radius 2 is 2.00 bits per heavy atom. The first-order chi connectivity index (χ1) is 10.5. The minimum Gasteiger partial charge on any atom is -0.369 e. The monoisotopic (exact) mass is 352 g/mol. The lowest BCUT2D eigenvalue weighted by molar-refractivity contribution is 0.628. The van der Waals surface area contributed by atoms with E-state index in [4.69, 9.17) is 11.5 Å². The van der Waals surface area contributed by atoms with Gasteiger partial charge >= 0.3 is 0 Å². The van der Waals surface area contributed by atoms with Crippen LogP contribution in [0.15, 0.2) is 40.7 Å². The highest BCUT2D eigenvalue weighted by atomic mass is 35.5. The number of fused-ring (bicyclic) bond motifs is 1. The number of nitrogens with two attached hydrogens (primary N) is 2. The molecular formula is C14H14ClFN6S. The van der Waals surface area contributed by atoms with Crippen molar-refractivity contribution in [2.24, 2.45) is 21.7 Å². The lowest BCUT2D eigenvalue weighted by atomic mass is 10.1. The molecule has 0 amide bonds. The van der Waals surface area contributed by atoms with Crippen LogP contribution in [0.2, 0.25) is 0 Å². The Kier molecular flexibility index (Phi) is 4.97. The fourth-order valence-electron chi connectivity index (χ4n) is 2.07. The first-order valence-corrected chi connectivity index (χ1v) is 7.22. The number of hydrogen-bond donors (Lipinski definition) is 2. The van der Waals surface area contributed by atoms with Crippen LogP contribution in [0.3, 0.4) is 0 Å². The molecule has 0 spiro atoms. The zero-order chi connectivity index (χ0) is 15.7. The Hall–Kier alpha value is -2.45. The molecule has 2 aromatic heterocycles. The molecule has 3 rings (SSSR count). The molecule has 9 heteroatoms. The molecule has 2 heterocycles. The molecule has 4 N–H and O–H groups in total. The number of aryl methyl sites for hydroxylation is 1. The predicted molar refractivity (Wildman–Crippen MR) is 93.9 cm³/mol. The summed E-state index contributed by atoms with van der Waals surface area (Å²) in [7, 11) is 0. The zero-order valence-corrected chi connectivity index (χ0v) is 13.7. The fourth-order valence-corrected chi connectivity index (χ4v) is 2.90. The number of nitrogens with zero attached hydrogens (tertiary/aromatic N) is 4. The number of thiazole rings is 1. The molecule has 0 aliphatic rings. The van der Waals surface area contributed by atoms with E-state index < -0.39 is 0 Å². The maximum atomic E-state index is 13.1. The van der Waals surface area contributed by atoms with Gasteiger partial charge in [-0.15, -0.1) is 28.8 Å². The van der Waals surface area contributed by atoms with E-state index in [9.17, 15) is 4.39 Å². The van der Waals surface area contributed by atoms with Crippen molar-refractivity contribution >= 4 is 40.9 Å². The Labute approximate surface area is 141 Å². The van der Waals surface area contributed by atoms with Gasteiger partial charge in [0, 0.05) is 16.6 Å². The van der Waals surface area contributed by atoms with Gasteiger partial charge in [0.2, 0.25) is 5.96 Å². The number of halogens is 2. The van der Waals surface area contributed by atoms with Gasteiger partial charge in [-0.25, -0.2) is 9.37 Å². The summed E-state index contributed by atoms with van der Waals surface area (Å²) in [6.45, 7) is 1.99. The van der Waals surface area contributed by atoms with Crippen molar-refractivity contribution in [2.45, 2.75) is 6.92 Å². The normalized spacial score (nSPS) is 10.9. The van der Waals surface area contributed by atoms with E-state index in [1.807, 2.05) is 17.5 Å².